The zero-order chi connectivity index (χ0) is 15.4. The van der Waals surface area contributed by atoms with Gasteiger partial charge in [0.1, 0.15) is 0 Å². The molecule has 2 aromatic rings. The van der Waals surface area contributed by atoms with Gasteiger partial charge < -0.3 is 5.32 Å². The van der Waals surface area contributed by atoms with E-state index < -0.39 is 0 Å². The average molecular weight is 282 g/mol. The standard InChI is InChI=1S/C19H26N2/c1-13(2)16-8-9-19(18(11-16)14(3)4)21-15(5)17-7-6-10-20-12-17/h6-15,21H,1-5H3. The number of anilines is 1. The van der Waals surface area contributed by atoms with Gasteiger partial charge in [-0.2, -0.15) is 0 Å². The van der Waals surface area contributed by atoms with Gasteiger partial charge in [0.05, 0.1) is 6.04 Å². The zero-order valence-electron chi connectivity index (χ0n) is 13.7. The van der Waals surface area contributed by atoms with Crippen LogP contribution in [-0.4, -0.2) is 4.98 Å². The lowest BCUT2D eigenvalue weighted by Crippen LogP contribution is -2.09. The summed E-state index contributed by atoms with van der Waals surface area (Å²) in [6, 6.07) is 11.1. The first-order valence-corrected chi connectivity index (χ1v) is 7.79. The second-order valence-corrected chi connectivity index (χ2v) is 6.31. The molecule has 2 rings (SSSR count). The van der Waals surface area contributed by atoms with Gasteiger partial charge >= 0.3 is 0 Å². The third-order valence-corrected chi connectivity index (χ3v) is 3.92. The summed E-state index contributed by atoms with van der Waals surface area (Å²) in [6.07, 6.45) is 3.74. The first-order valence-electron chi connectivity index (χ1n) is 7.79. The molecule has 0 saturated heterocycles. The molecule has 0 aliphatic rings. The topological polar surface area (TPSA) is 24.9 Å². The SMILES string of the molecule is CC(C)c1ccc(NC(C)c2cccnc2)c(C(C)C)c1. The monoisotopic (exact) mass is 282 g/mol. The molecule has 1 aromatic carbocycles. The lowest BCUT2D eigenvalue weighted by atomic mass is 9.94. The van der Waals surface area contributed by atoms with Gasteiger partial charge in [0.15, 0.2) is 0 Å². The van der Waals surface area contributed by atoms with E-state index in [1.54, 1.807) is 0 Å². The van der Waals surface area contributed by atoms with E-state index in [0.717, 1.165) is 0 Å². The molecule has 1 unspecified atom stereocenters. The molecule has 0 radical (unpaired) electrons. The molecule has 2 heteroatoms. The van der Waals surface area contributed by atoms with Gasteiger partial charge in [-0.25, -0.2) is 0 Å². The van der Waals surface area contributed by atoms with Crippen molar-refractivity contribution in [3.05, 3.63) is 59.4 Å². The van der Waals surface area contributed by atoms with Gasteiger partial charge in [-0.15, -0.1) is 0 Å². The van der Waals surface area contributed by atoms with Crippen molar-refractivity contribution in [2.24, 2.45) is 0 Å². The van der Waals surface area contributed by atoms with Crippen molar-refractivity contribution in [3.8, 4) is 0 Å². The Kier molecular flexibility index (Phi) is 5.00. The summed E-state index contributed by atoms with van der Waals surface area (Å²) in [5.74, 6) is 1.07. The fraction of sp³-hybridized carbons (Fsp3) is 0.421. The Balaban J connectivity index is 2.27. The molecule has 1 N–H and O–H groups in total. The molecular weight excluding hydrogens is 256 g/mol. The highest BCUT2D eigenvalue weighted by atomic mass is 14.9. The summed E-state index contributed by atoms with van der Waals surface area (Å²) in [7, 11) is 0. The van der Waals surface area contributed by atoms with Gasteiger partial charge in [0.25, 0.3) is 0 Å². The third kappa shape index (κ3) is 3.84. The van der Waals surface area contributed by atoms with Gasteiger partial charge in [-0.1, -0.05) is 45.9 Å². The number of nitrogens with one attached hydrogen (secondary N) is 1. The fourth-order valence-electron chi connectivity index (χ4n) is 2.50. The molecule has 0 spiro atoms. The summed E-state index contributed by atoms with van der Waals surface area (Å²) < 4.78 is 0. The molecule has 0 amide bonds. The van der Waals surface area contributed by atoms with Crippen LogP contribution in [0.25, 0.3) is 0 Å². The molecule has 0 aliphatic carbocycles. The summed E-state index contributed by atoms with van der Waals surface area (Å²) in [4.78, 5) is 4.20. The Bertz CT molecular complexity index is 573. The largest absolute Gasteiger partial charge is 0.378 e. The van der Waals surface area contributed by atoms with Gasteiger partial charge in [-0.05, 0) is 47.6 Å². The average Bonchev–Trinajstić information content (AvgIpc) is 2.48. The van der Waals surface area contributed by atoms with E-state index in [-0.39, 0.29) is 6.04 Å². The predicted octanol–water partition coefficient (Wildman–Crippen LogP) is 5.50. The van der Waals surface area contributed by atoms with Crippen molar-refractivity contribution < 1.29 is 0 Å². The lowest BCUT2D eigenvalue weighted by Gasteiger charge is -2.21. The molecule has 1 aromatic heterocycles. The molecule has 0 bridgehead atoms. The second-order valence-electron chi connectivity index (χ2n) is 6.31. The minimum Gasteiger partial charge on any atom is -0.378 e. The van der Waals surface area contributed by atoms with Crippen LogP contribution in [0.5, 0.6) is 0 Å². The first kappa shape index (κ1) is 15.6. The first-order chi connectivity index (χ1) is 9.99. The van der Waals surface area contributed by atoms with Crippen molar-refractivity contribution >= 4 is 5.69 Å². The maximum Gasteiger partial charge on any atom is 0.0500 e. The Labute approximate surface area is 128 Å². The highest BCUT2D eigenvalue weighted by Crippen LogP contribution is 2.30. The lowest BCUT2D eigenvalue weighted by molar-refractivity contribution is 0.820. The molecule has 21 heavy (non-hydrogen) atoms. The summed E-state index contributed by atoms with van der Waals surface area (Å²) in [5.41, 5.74) is 5.22. The maximum atomic E-state index is 4.20. The van der Waals surface area contributed by atoms with E-state index in [4.69, 9.17) is 0 Å². The third-order valence-electron chi connectivity index (χ3n) is 3.92. The van der Waals surface area contributed by atoms with Gasteiger partial charge in [0, 0.05) is 18.1 Å². The van der Waals surface area contributed by atoms with Crippen LogP contribution >= 0.6 is 0 Å². The number of nitrogens with zero attached hydrogens (tertiary/aromatic N) is 1. The molecule has 1 heterocycles. The number of benzene rings is 1. The fourth-order valence-corrected chi connectivity index (χ4v) is 2.50. The molecule has 112 valence electrons. The molecule has 0 aliphatic heterocycles. The van der Waals surface area contributed by atoms with E-state index in [1.165, 1.54) is 22.4 Å². The van der Waals surface area contributed by atoms with E-state index >= 15 is 0 Å². The second kappa shape index (κ2) is 6.75. The molecule has 0 fully saturated rings. The van der Waals surface area contributed by atoms with Crippen molar-refractivity contribution in [1.29, 1.82) is 0 Å². The molecule has 2 nitrogen and oxygen atoms in total. The van der Waals surface area contributed by atoms with Crippen LogP contribution in [0, 0.1) is 0 Å². The number of hydrogen-bond donors (Lipinski definition) is 1. The van der Waals surface area contributed by atoms with E-state index in [1.807, 2.05) is 18.5 Å². The van der Waals surface area contributed by atoms with Crippen LogP contribution in [-0.2, 0) is 0 Å². The van der Waals surface area contributed by atoms with Crippen LogP contribution in [0.1, 0.15) is 69.2 Å². The molecule has 1 atom stereocenters. The number of hydrogen-bond acceptors (Lipinski definition) is 2. The van der Waals surface area contributed by atoms with Crippen molar-refractivity contribution in [3.63, 3.8) is 0 Å². The molecule has 0 saturated carbocycles. The Morgan fingerprint density at radius 3 is 2.24 bits per heavy atom. The van der Waals surface area contributed by atoms with Crippen LogP contribution in [0.15, 0.2) is 42.7 Å². The van der Waals surface area contributed by atoms with Gasteiger partial charge in [0.2, 0.25) is 0 Å². The van der Waals surface area contributed by atoms with Crippen molar-refractivity contribution in [2.75, 3.05) is 5.32 Å². The minimum absolute atomic E-state index is 0.251. The van der Waals surface area contributed by atoms with Crippen LogP contribution in [0.4, 0.5) is 5.69 Å². The van der Waals surface area contributed by atoms with Crippen molar-refractivity contribution in [2.45, 2.75) is 52.5 Å². The number of rotatable bonds is 5. The predicted molar refractivity (Wildman–Crippen MR) is 90.9 cm³/mol. The summed E-state index contributed by atoms with van der Waals surface area (Å²) in [5, 5.41) is 3.63. The van der Waals surface area contributed by atoms with Gasteiger partial charge in [-0.3, -0.25) is 4.98 Å². The molecular formula is C19H26N2. The zero-order valence-corrected chi connectivity index (χ0v) is 13.7. The van der Waals surface area contributed by atoms with Crippen LogP contribution in [0.3, 0.4) is 0 Å². The Morgan fingerprint density at radius 2 is 1.67 bits per heavy atom. The Morgan fingerprint density at radius 1 is 0.905 bits per heavy atom. The normalized spacial score (nSPS) is 12.7. The minimum atomic E-state index is 0.251. The van der Waals surface area contributed by atoms with E-state index in [0.29, 0.717) is 11.8 Å². The van der Waals surface area contributed by atoms with Crippen LogP contribution in [0.2, 0.25) is 0 Å². The summed E-state index contributed by atoms with van der Waals surface area (Å²) >= 11 is 0. The number of pyridine rings is 1. The van der Waals surface area contributed by atoms with Crippen LogP contribution < -0.4 is 5.32 Å². The Hall–Kier alpha value is -1.83. The van der Waals surface area contributed by atoms with E-state index in [2.05, 4.69) is 69.2 Å². The number of aromatic nitrogens is 1. The van der Waals surface area contributed by atoms with Crippen molar-refractivity contribution in [1.82, 2.24) is 4.98 Å². The maximum absolute atomic E-state index is 4.20. The highest BCUT2D eigenvalue weighted by molar-refractivity contribution is 5.55. The quantitative estimate of drug-likeness (QED) is 0.783. The summed E-state index contributed by atoms with van der Waals surface area (Å²) in [6.45, 7) is 11.2. The highest BCUT2D eigenvalue weighted by Gasteiger charge is 2.12. The smallest absolute Gasteiger partial charge is 0.0500 e. The van der Waals surface area contributed by atoms with E-state index in [9.17, 15) is 0 Å².